The first-order valence-electron chi connectivity index (χ1n) is 9.66. The standard InChI is InChI=1S/C22H25N5O4/c1-4-13-24-18-12-11-17(25-14-18)10-7-15-5-8-16(9-6-15)22(30)27(3)19(20(28)23-2)21(29)26-31/h5-6,8-9,11-12,14,19,24,31H,4,13H2,1-3H3,(H,23,28)(H,26,29). The average molecular weight is 423 g/mol. The number of hydrogen-bond donors (Lipinski definition) is 4. The van der Waals surface area contributed by atoms with E-state index in [0.717, 1.165) is 23.6 Å². The highest BCUT2D eigenvalue weighted by molar-refractivity contribution is 6.08. The van der Waals surface area contributed by atoms with Crippen LogP contribution in [0.2, 0.25) is 0 Å². The van der Waals surface area contributed by atoms with Gasteiger partial charge in [0.2, 0.25) is 0 Å². The second kappa shape index (κ2) is 11.3. The van der Waals surface area contributed by atoms with Gasteiger partial charge in [-0.3, -0.25) is 19.6 Å². The molecule has 2 aromatic rings. The van der Waals surface area contributed by atoms with Crippen LogP contribution >= 0.6 is 0 Å². The lowest BCUT2D eigenvalue weighted by Gasteiger charge is -2.25. The Labute approximate surface area is 180 Å². The largest absolute Gasteiger partial charge is 0.384 e. The molecular weight excluding hydrogens is 398 g/mol. The maximum absolute atomic E-state index is 12.7. The van der Waals surface area contributed by atoms with E-state index in [1.807, 2.05) is 12.1 Å². The summed E-state index contributed by atoms with van der Waals surface area (Å²) >= 11 is 0. The van der Waals surface area contributed by atoms with E-state index in [0.29, 0.717) is 11.3 Å². The summed E-state index contributed by atoms with van der Waals surface area (Å²) in [5.41, 5.74) is 3.88. The van der Waals surface area contributed by atoms with E-state index in [4.69, 9.17) is 5.21 Å². The lowest BCUT2D eigenvalue weighted by Crippen LogP contribution is -2.54. The highest BCUT2D eigenvalue weighted by Gasteiger charge is 2.33. The second-order valence-corrected chi connectivity index (χ2v) is 6.60. The highest BCUT2D eigenvalue weighted by Crippen LogP contribution is 2.10. The molecule has 0 saturated heterocycles. The number of rotatable bonds is 7. The normalized spacial score (nSPS) is 10.8. The Kier molecular flexibility index (Phi) is 8.54. The molecule has 9 nitrogen and oxygen atoms in total. The van der Waals surface area contributed by atoms with E-state index in [-0.39, 0.29) is 5.56 Å². The number of aromatic nitrogens is 1. The molecule has 0 aliphatic rings. The fourth-order valence-electron chi connectivity index (χ4n) is 2.66. The number of carbonyl (C=O) groups is 3. The Balaban J connectivity index is 2.11. The van der Waals surface area contributed by atoms with Gasteiger partial charge >= 0.3 is 0 Å². The van der Waals surface area contributed by atoms with Gasteiger partial charge in [0.1, 0.15) is 5.69 Å². The molecule has 0 fully saturated rings. The number of benzene rings is 1. The number of amides is 3. The van der Waals surface area contributed by atoms with Crippen LogP contribution in [0.5, 0.6) is 0 Å². The van der Waals surface area contributed by atoms with Crippen molar-refractivity contribution >= 4 is 23.4 Å². The van der Waals surface area contributed by atoms with Gasteiger partial charge in [0.15, 0.2) is 6.04 Å². The number of hydroxylamine groups is 1. The van der Waals surface area contributed by atoms with E-state index in [1.165, 1.54) is 19.6 Å². The Morgan fingerprint density at radius 2 is 1.81 bits per heavy atom. The quantitative estimate of drug-likeness (QED) is 0.228. The molecule has 0 aliphatic heterocycles. The van der Waals surface area contributed by atoms with Crippen LogP contribution in [-0.2, 0) is 9.59 Å². The number of anilines is 1. The molecule has 0 spiro atoms. The lowest BCUT2D eigenvalue weighted by atomic mass is 10.1. The van der Waals surface area contributed by atoms with Gasteiger partial charge in [0.25, 0.3) is 17.7 Å². The maximum Gasteiger partial charge on any atom is 0.275 e. The Bertz CT molecular complexity index is 962. The number of pyridine rings is 1. The minimum absolute atomic E-state index is 0.261. The van der Waals surface area contributed by atoms with Crippen molar-refractivity contribution in [2.24, 2.45) is 0 Å². The van der Waals surface area contributed by atoms with Crippen molar-refractivity contribution in [1.82, 2.24) is 20.7 Å². The zero-order valence-corrected chi connectivity index (χ0v) is 17.6. The van der Waals surface area contributed by atoms with Crippen molar-refractivity contribution in [3.05, 3.63) is 59.4 Å². The Morgan fingerprint density at radius 1 is 1.10 bits per heavy atom. The number of nitrogens with zero attached hydrogens (tertiary/aromatic N) is 2. The average Bonchev–Trinajstić information content (AvgIpc) is 2.81. The van der Waals surface area contributed by atoms with Crippen LogP contribution in [0, 0.1) is 11.8 Å². The molecule has 1 atom stereocenters. The number of carbonyl (C=O) groups excluding carboxylic acids is 3. The molecule has 1 unspecified atom stereocenters. The predicted molar refractivity (Wildman–Crippen MR) is 115 cm³/mol. The Hall–Kier alpha value is -3.90. The van der Waals surface area contributed by atoms with Crippen molar-refractivity contribution in [2.75, 3.05) is 26.0 Å². The molecule has 1 heterocycles. The van der Waals surface area contributed by atoms with Crippen LogP contribution in [0.25, 0.3) is 0 Å². The topological polar surface area (TPSA) is 124 Å². The van der Waals surface area contributed by atoms with E-state index in [2.05, 4.69) is 34.4 Å². The SMILES string of the molecule is CCCNc1ccc(C#Cc2ccc(C(=O)N(C)C(C(=O)NC)C(=O)NO)cc2)nc1. The summed E-state index contributed by atoms with van der Waals surface area (Å²) in [7, 11) is 2.63. The van der Waals surface area contributed by atoms with Crippen molar-refractivity contribution in [2.45, 2.75) is 19.4 Å². The monoisotopic (exact) mass is 423 g/mol. The third-order valence-corrected chi connectivity index (χ3v) is 4.37. The van der Waals surface area contributed by atoms with Gasteiger partial charge in [-0.2, -0.15) is 0 Å². The molecule has 162 valence electrons. The van der Waals surface area contributed by atoms with Crippen LogP contribution in [0.15, 0.2) is 42.6 Å². The summed E-state index contributed by atoms with van der Waals surface area (Å²) in [4.78, 5) is 41.6. The van der Waals surface area contributed by atoms with E-state index < -0.39 is 23.8 Å². The molecule has 1 aromatic heterocycles. The molecule has 9 heteroatoms. The van der Waals surface area contributed by atoms with Crippen molar-refractivity contribution < 1.29 is 19.6 Å². The molecule has 3 amide bonds. The van der Waals surface area contributed by atoms with Crippen molar-refractivity contribution in [3.8, 4) is 11.8 Å². The molecule has 0 radical (unpaired) electrons. The van der Waals surface area contributed by atoms with Gasteiger partial charge in [-0.25, -0.2) is 10.5 Å². The van der Waals surface area contributed by atoms with Crippen molar-refractivity contribution in [3.63, 3.8) is 0 Å². The van der Waals surface area contributed by atoms with Gasteiger partial charge < -0.3 is 15.5 Å². The summed E-state index contributed by atoms with van der Waals surface area (Å²) in [5, 5.41) is 14.4. The van der Waals surface area contributed by atoms with E-state index in [1.54, 1.807) is 30.5 Å². The van der Waals surface area contributed by atoms with Gasteiger partial charge in [0.05, 0.1) is 11.9 Å². The number of likely N-dealkylation sites (N-methyl/N-ethyl adjacent to an activating group) is 2. The maximum atomic E-state index is 12.7. The number of hydrogen-bond acceptors (Lipinski definition) is 6. The summed E-state index contributed by atoms with van der Waals surface area (Å²) < 4.78 is 0. The van der Waals surface area contributed by atoms with Crippen LogP contribution in [0.3, 0.4) is 0 Å². The van der Waals surface area contributed by atoms with Gasteiger partial charge in [-0.1, -0.05) is 12.8 Å². The van der Waals surface area contributed by atoms with Gasteiger partial charge in [0, 0.05) is 31.8 Å². The molecule has 1 aromatic carbocycles. The summed E-state index contributed by atoms with van der Waals surface area (Å²) in [5.74, 6) is 3.64. The van der Waals surface area contributed by atoms with Crippen LogP contribution in [-0.4, -0.2) is 59.5 Å². The molecular formula is C22H25N5O4. The first-order valence-corrected chi connectivity index (χ1v) is 9.66. The molecule has 2 rings (SSSR count). The predicted octanol–water partition coefficient (Wildman–Crippen LogP) is 0.995. The minimum atomic E-state index is -1.51. The van der Waals surface area contributed by atoms with Crippen LogP contribution in [0.4, 0.5) is 5.69 Å². The number of nitrogens with one attached hydrogen (secondary N) is 3. The Morgan fingerprint density at radius 3 is 2.35 bits per heavy atom. The molecule has 31 heavy (non-hydrogen) atoms. The third kappa shape index (κ3) is 6.29. The smallest absolute Gasteiger partial charge is 0.275 e. The zero-order chi connectivity index (χ0) is 22.8. The first-order chi connectivity index (χ1) is 14.9. The molecule has 4 N–H and O–H groups in total. The summed E-state index contributed by atoms with van der Waals surface area (Å²) in [6.07, 6.45) is 2.75. The van der Waals surface area contributed by atoms with Gasteiger partial charge in [-0.15, -0.1) is 0 Å². The van der Waals surface area contributed by atoms with Crippen molar-refractivity contribution in [1.29, 1.82) is 0 Å². The zero-order valence-electron chi connectivity index (χ0n) is 17.6. The minimum Gasteiger partial charge on any atom is -0.384 e. The van der Waals surface area contributed by atoms with Crippen LogP contribution in [0.1, 0.15) is 35.0 Å². The summed E-state index contributed by atoms with van der Waals surface area (Å²) in [6.45, 7) is 2.96. The van der Waals surface area contributed by atoms with Crippen LogP contribution < -0.4 is 16.1 Å². The molecule has 0 bridgehead atoms. The third-order valence-electron chi connectivity index (χ3n) is 4.37. The summed E-state index contributed by atoms with van der Waals surface area (Å²) in [6, 6.07) is 8.64. The van der Waals surface area contributed by atoms with E-state index in [9.17, 15) is 14.4 Å². The fourth-order valence-corrected chi connectivity index (χ4v) is 2.66. The first kappa shape index (κ1) is 23.4. The highest BCUT2D eigenvalue weighted by atomic mass is 16.5. The lowest BCUT2D eigenvalue weighted by molar-refractivity contribution is -0.140. The van der Waals surface area contributed by atoms with E-state index >= 15 is 0 Å². The fraction of sp³-hybridized carbons (Fsp3) is 0.273. The second-order valence-electron chi connectivity index (χ2n) is 6.60. The van der Waals surface area contributed by atoms with Gasteiger partial charge in [-0.05, 0) is 48.7 Å². The molecule has 0 saturated carbocycles. The molecule has 0 aliphatic carbocycles.